The summed E-state index contributed by atoms with van der Waals surface area (Å²) in [5, 5.41) is 3.15. The number of benzene rings is 1. The number of likely N-dealkylation sites (tertiary alicyclic amines) is 1. The number of carbonyl (C=O) groups is 2. The van der Waals surface area contributed by atoms with Crippen molar-refractivity contribution < 1.29 is 14.0 Å². The van der Waals surface area contributed by atoms with Crippen molar-refractivity contribution in [1.29, 1.82) is 0 Å². The Kier molecular flexibility index (Phi) is 6.02. The van der Waals surface area contributed by atoms with Crippen LogP contribution in [-0.4, -0.2) is 53.8 Å². The lowest BCUT2D eigenvalue weighted by Crippen LogP contribution is -2.56. The Balaban J connectivity index is 1.59. The van der Waals surface area contributed by atoms with Gasteiger partial charge in [0.25, 0.3) is 0 Å². The lowest BCUT2D eigenvalue weighted by Gasteiger charge is -2.34. The second kappa shape index (κ2) is 8.43. The topological polar surface area (TPSA) is 52.7 Å². The first-order valence-corrected chi connectivity index (χ1v) is 9.18. The quantitative estimate of drug-likeness (QED) is 0.905. The largest absolute Gasteiger partial charge is 0.343 e. The van der Waals surface area contributed by atoms with Gasteiger partial charge >= 0.3 is 0 Å². The van der Waals surface area contributed by atoms with Gasteiger partial charge in [0.05, 0.1) is 12.5 Å². The normalized spacial score (nSPS) is 22.0. The Morgan fingerprint density at radius 3 is 2.56 bits per heavy atom. The highest BCUT2D eigenvalue weighted by molar-refractivity contribution is 5.89. The number of rotatable bonds is 4. The molecule has 0 bridgehead atoms. The minimum absolute atomic E-state index is 0.0421. The predicted octanol–water partition coefficient (Wildman–Crippen LogP) is 1.92. The lowest BCUT2D eigenvalue weighted by atomic mass is 10.1. The van der Waals surface area contributed by atoms with Crippen LogP contribution in [0.25, 0.3) is 0 Å². The summed E-state index contributed by atoms with van der Waals surface area (Å²) in [5.41, 5.74) is 0.510. The molecule has 1 unspecified atom stereocenters. The number of nitrogens with one attached hydrogen (secondary N) is 1. The minimum Gasteiger partial charge on any atom is -0.343 e. The molecule has 1 atom stereocenters. The van der Waals surface area contributed by atoms with Crippen LogP contribution < -0.4 is 5.32 Å². The Morgan fingerprint density at radius 2 is 1.84 bits per heavy atom. The highest BCUT2D eigenvalue weighted by Crippen LogP contribution is 2.16. The summed E-state index contributed by atoms with van der Waals surface area (Å²) in [4.78, 5) is 28.8. The zero-order valence-corrected chi connectivity index (χ0v) is 14.5. The van der Waals surface area contributed by atoms with Crippen LogP contribution in [0.1, 0.15) is 37.7 Å². The molecule has 0 aliphatic carbocycles. The minimum atomic E-state index is -0.503. The van der Waals surface area contributed by atoms with Crippen molar-refractivity contribution in [3.05, 3.63) is 35.6 Å². The number of halogens is 1. The van der Waals surface area contributed by atoms with E-state index in [1.165, 1.54) is 18.9 Å². The van der Waals surface area contributed by atoms with Gasteiger partial charge in [0.1, 0.15) is 5.82 Å². The standard InChI is InChI=1S/C19H26FN3O2/c20-16-8-4-3-7-15(16)14-23-12-9-21-17(19(23)25)13-18(24)22-10-5-1-2-6-11-22/h3-4,7-8,17,21H,1-2,5-6,9-14H2. The molecule has 1 aromatic carbocycles. The summed E-state index contributed by atoms with van der Waals surface area (Å²) in [6.45, 7) is 2.98. The fraction of sp³-hybridized carbons (Fsp3) is 0.579. The monoisotopic (exact) mass is 347 g/mol. The zero-order valence-electron chi connectivity index (χ0n) is 14.5. The summed E-state index contributed by atoms with van der Waals surface area (Å²) in [7, 11) is 0. The Hall–Kier alpha value is -1.95. The van der Waals surface area contributed by atoms with Crippen LogP contribution in [-0.2, 0) is 16.1 Å². The molecule has 6 heteroatoms. The molecule has 0 radical (unpaired) electrons. The zero-order chi connectivity index (χ0) is 17.6. The van der Waals surface area contributed by atoms with Gasteiger partial charge in [-0.1, -0.05) is 31.0 Å². The fourth-order valence-corrected chi connectivity index (χ4v) is 3.56. The van der Waals surface area contributed by atoms with Gasteiger partial charge in [-0.2, -0.15) is 0 Å². The van der Waals surface area contributed by atoms with Crippen molar-refractivity contribution in [2.75, 3.05) is 26.2 Å². The van der Waals surface area contributed by atoms with Gasteiger partial charge in [0.2, 0.25) is 11.8 Å². The van der Waals surface area contributed by atoms with Crippen LogP contribution in [0.3, 0.4) is 0 Å². The van der Waals surface area contributed by atoms with E-state index in [1.54, 1.807) is 23.1 Å². The van der Waals surface area contributed by atoms with Crippen molar-refractivity contribution in [2.24, 2.45) is 0 Å². The van der Waals surface area contributed by atoms with Crippen molar-refractivity contribution in [3.63, 3.8) is 0 Å². The smallest absolute Gasteiger partial charge is 0.240 e. The molecule has 5 nitrogen and oxygen atoms in total. The van der Waals surface area contributed by atoms with Gasteiger partial charge in [0.15, 0.2) is 0 Å². The SMILES string of the molecule is O=C(CC1NCCN(Cc2ccccc2F)C1=O)N1CCCCCC1. The number of carbonyl (C=O) groups excluding carboxylic acids is 2. The van der Waals surface area contributed by atoms with E-state index < -0.39 is 6.04 Å². The fourth-order valence-electron chi connectivity index (χ4n) is 3.56. The van der Waals surface area contributed by atoms with E-state index in [0.717, 1.165) is 25.9 Å². The molecule has 1 aromatic rings. The van der Waals surface area contributed by atoms with Gasteiger partial charge in [-0.3, -0.25) is 9.59 Å². The molecule has 1 N–H and O–H groups in total. The van der Waals surface area contributed by atoms with Crippen LogP contribution in [0.5, 0.6) is 0 Å². The van der Waals surface area contributed by atoms with Crippen LogP contribution in [0.4, 0.5) is 4.39 Å². The summed E-state index contributed by atoms with van der Waals surface area (Å²) in [5.74, 6) is -0.371. The maximum Gasteiger partial charge on any atom is 0.240 e. The molecule has 136 valence electrons. The maximum absolute atomic E-state index is 13.8. The van der Waals surface area contributed by atoms with E-state index in [-0.39, 0.29) is 30.6 Å². The molecular formula is C19H26FN3O2. The van der Waals surface area contributed by atoms with Crippen molar-refractivity contribution in [1.82, 2.24) is 15.1 Å². The Bertz CT molecular complexity index is 614. The predicted molar refractivity (Wildman–Crippen MR) is 93.3 cm³/mol. The Morgan fingerprint density at radius 1 is 1.12 bits per heavy atom. The molecule has 2 heterocycles. The first-order valence-electron chi connectivity index (χ1n) is 9.18. The first kappa shape index (κ1) is 17.9. The highest BCUT2D eigenvalue weighted by atomic mass is 19.1. The molecular weight excluding hydrogens is 321 g/mol. The van der Waals surface area contributed by atoms with Gasteiger partial charge in [-0.25, -0.2) is 4.39 Å². The molecule has 2 saturated heterocycles. The summed E-state index contributed by atoms with van der Waals surface area (Å²) in [6, 6.07) is 6.01. The highest BCUT2D eigenvalue weighted by Gasteiger charge is 2.31. The molecule has 0 spiro atoms. The van der Waals surface area contributed by atoms with Crippen LogP contribution in [0.15, 0.2) is 24.3 Å². The third kappa shape index (κ3) is 4.57. The van der Waals surface area contributed by atoms with E-state index in [2.05, 4.69) is 5.32 Å². The molecule has 25 heavy (non-hydrogen) atoms. The number of piperazine rings is 1. The number of nitrogens with zero attached hydrogens (tertiary/aromatic N) is 2. The summed E-state index contributed by atoms with van der Waals surface area (Å²) < 4.78 is 13.8. The molecule has 0 aromatic heterocycles. The molecule has 2 fully saturated rings. The second-order valence-electron chi connectivity index (χ2n) is 6.86. The van der Waals surface area contributed by atoms with Crippen molar-refractivity contribution in [3.8, 4) is 0 Å². The van der Waals surface area contributed by atoms with Crippen LogP contribution in [0, 0.1) is 5.82 Å². The lowest BCUT2D eigenvalue weighted by molar-refractivity contribution is -0.141. The molecule has 3 rings (SSSR count). The number of hydrogen-bond donors (Lipinski definition) is 1. The first-order chi connectivity index (χ1) is 12.1. The van der Waals surface area contributed by atoms with Gasteiger partial charge in [-0.05, 0) is 18.9 Å². The average molecular weight is 347 g/mol. The Labute approximate surface area is 148 Å². The third-order valence-corrected chi connectivity index (χ3v) is 5.04. The maximum atomic E-state index is 13.8. The van der Waals surface area contributed by atoms with E-state index in [1.807, 2.05) is 4.90 Å². The summed E-state index contributed by atoms with van der Waals surface area (Å²) >= 11 is 0. The van der Waals surface area contributed by atoms with Crippen LogP contribution >= 0.6 is 0 Å². The van der Waals surface area contributed by atoms with Gasteiger partial charge in [0, 0.05) is 38.3 Å². The number of hydrogen-bond acceptors (Lipinski definition) is 3. The van der Waals surface area contributed by atoms with Gasteiger partial charge < -0.3 is 15.1 Å². The van der Waals surface area contributed by atoms with Crippen molar-refractivity contribution in [2.45, 2.75) is 44.7 Å². The molecule has 2 aliphatic heterocycles. The van der Waals surface area contributed by atoms with E-state index in [0.29, 0.717) is 18.7 Å². The van der Waals surface area contributed by atoms with E-state index >= 15 is 0 Å². The van der Waals surface area contributed by atoms with Crippen molar-refractivity contribution >= 4 is 11.8 Å². The van der Waals surface area contributed by atoms with Gasteiger partial charge in [-0.15, -0.1) is 0 Å². The molecule has 2 amide bonds. The summed E-state index contributed by atoms with van der Waals surface area (Å²) in [6.07, 6.45) is 4.60. The van der Waals surface area contributed by atoms with Crippen LogP contribution in [0.2, 0.25) is 0 Å². The van der Waals surface area contributed by atoms with E-state index in [9.17, 15) is 14.0 Å². The molecule has 0 saturated carbocycles. The second-order valence-corrected chi connectivity index (χ2v) is 6.86. The molecule has 2 aliphatic rings. The number of amides is 2. The third-order valence-electron chi connectivity index (χ3n) is 5.04. The van der Waals surface area contributed by atoms with E-state index in [4.69, 9.17) is 0 Å². The average Bonchev–Trinajstić information content (AvgIpc) is 2.90.